The van der Waals surface area contributed by atoms with Crippen LogP contribution in [0.5, 0.6) is 11.5 Å². The van der Waals surface area contributed by atoms with Gasteiger partial charge in [-0.15, -0.1) is 0 Å². The number of hydrogen-bond donors (Lipinski definition) is 3. The number of carbonyl (C=O) groups is 2. The van der Waals surface area contributed by atoms with Crippen LogP contribution in [0.4, 0.5) is 5.69 Å². The fourth-order valence-corrected chi connectivity index (χ4v) is 4.11. The van der Waals surface area contributed by atoms with Crippen LogP contribution in [0.15, 0.2) is 66.7 Å². The summed E-state index contributed by atoms with van der Waals surface area (Å²) in [5.41, 5.74) is 9.01. The number of carboxylic acid groups (broad SMARTS) is 1. The average Bonchev–Trinajstić information content (AvgIpc) is 2.87. The second-order valence-corrected chi connectivity index (χ2v) is 9.32. The zero-order chi connectivity index (χ0) is 26.7. The van der Waals surface area contributed by atoms with E-state index in [0.717, 1.165) is 16.3 Å². The van der Waals surface area contributed by atoms with Crippen molar-refractivity contribution in [2.75, 3.05) is 12.3 Å². The highest BCUT2D eigenvalue weighted by molar-refractivity contribution is 6.02. The molecule has 0 spiro atoms. The summed E-state index contributed by atoms with van der Waals surface area (Å²) in [4.78, 5) is 24.8. The number of nitriles is 1. The predicted molar refractivity (Wildman–Crippen MR) is 144 cm³/mol. The lowest BCUT2D eigenvalue weighted by Gasteiger charge is -2.18. The molecule has 4 N–H and O–H groups in total. The fourth-order valence-electron chi connectivity index (χ4n) is 4.11. The number of ether oxygens (including phenoxy) is 1. The largest absolute Gasteiger partial charge is 0.478 e. The predicted octanol–water partition coefficient (Wildman–Crippen LogP) is 6.15. The number of nitrogens with two attached hydrogens (primary N) is 1. The van der Waals surface area contributed by atoms with E-state index < -0.39 is 5.97 Å². The number of rotatable bonds is 7. The minimum atomic E-state index is -1.17. The Hall–Kier alpha value is -4.83. The molecule has 0 aliphatic carbocycles. The number of carbonyl (C=O) groups excluding carboxylic acids is 1. The van der Waals surface area contributed by atoms with Gasteiger partial charge in [0.2, 0.25) is 0 Å². The maximum absolute atomic E-state index is 12.6. The second-order valence-electron chi connectivity index (χ2n) is 9.32. The minimum absolute atomic E-state index is 0.0328. The van der Waals surface area contributed by atoms with Crippen molar-refractivity contribution < 1.29 is 19.4 Å². The van der Waals surface area contributed by atoms with Crippen molar-refractivity contribution in [3.8, 4) is 28.7 Å². The third-order valence-electron chi connectivity index (χ3n) is 5.93. The smallest absolute Gasteiger partial charge is 0.336 e. The SMILES string of the molecule is Cc1cc(N)cc(-c2ccc(C(=O)NCC(C)C)cc2C(=O)O)c1Oc1ccc2cc(C#N)ccc2c1. The quantitative estimate of drug-likeness (QED) is 0.265. The number of nitrogen functional groups attached to an aromatic ring is 1. The molecule has 0 radical (unpaired) electrons. The first-order valence-electron chi connectivity index (χ1n) is 11.8. The second kappa shape index (κ2) is 10.4. The highest BCUT2D eigenvalue weighted by Crippen LogP contribution is 2.40. The van der Waals surface area contributed by atoms with Gasteiger partial charge in [0, 0.05) is 28.9 Å². The highest BCUT2D eigenvalue weighted by Gasteiger charge is 2.20. The number of carboxylic acids is 1. The summed E-state index contributed by atoms with van der Waals surface area (Å²) in [6.07, 6.45) is 0. The molecule has 0 heterocycles. The van der Waals surface area contributed by atoms with Crippen LogP contribution in [0.3, 0.4) is 0 Å². The summed E-state index contributed by atoms with van der Waals surface area (Å²) in [6, 6.07) is 21.1. The van der Waals surface area contributed by atoms with Gasteiger partial charge in [-0.25, -0.2) is 4.79 Å². The molecule has 0 bridgehead atoms. The van der Waals surface area contributed by atoms with Gasteiger partial charge in [-0.2, -0.15) is 5.26 Å². The first-order valence-corrected chi connectivity index (χ1v) is 11.8. The molecule has 0 fully saturated rings. The number of aryl methyl sites for hydroxylation is 1. The molecule has 0 atom stereocenters. The first-order chi connectivity index (χ1) is 17.7. The normalized spacial score (nSPS) is 10.8. The van der Waals surface area contributed by atoms with Gasteiger partial charge in [-0.3, -0.25) is 4.79 Å². The van der Waals surface area contributed by atoms with Gasteiger partial charge in [0.15, 0.2) is 0 Å². The number of benzene rings is 4. The van der Waals surface area contributed by atoms with Crippen LogP contribution in [0.1, 0.15) is 45.7 Å². The summed E-state index contributed by atoms with van der Waals surface area (Å²) in [5.74, 6) is -0.229. The Morgan fingerprint density at radius 3 is 2.43 bits per heavy atom. The van der Waals surface area contributed by atoms with Crippen molar-refractivity contribution >= 4 is 28.3 Å². The van der Waals surface area contributed by atoms with Gasteiger partial charge in [0.05, 0.1) is 17.2 Å². The fraction of sp³-hybridized carbons (Fsp3) is 0.167. The van der Waals surface area contributed by atoms with Crippen LogP contribution in [-0.4, -0.2) is 23.5 Å². The Kier molecular flexibility index (Phi) is 7.12. The first kappa shape index (κ1) is 25.3. The average molecular weight is 494 g/mol. The molecule has 0 aromatic heterocycles. The number of nitrogens with zero attached hydrogens (tertiary/aromatic N) is 1. The summed E-state index contributed by atoms with van der Waals surface area (Å²) >= 11 is 0. The lowest BCUT2D eigenvalue weighted by atomic mass is 9.94. The van der Waals surface area contributed by atoms with Crippen molar-refractivity contribution in [2.45, 2.75) is 20.8 Å². The summed E-state index contributed by atoms with van der Waals surface area (Å²) in [7, 11) is 0. The van der Waals surface area contributed by atoms with Crippen LogP contribution < -0.4 is 15.8 Å². The zero-order valence-corrected chi connectivity index (χ0v) is 20.8. The molecule has 7 heteroatoms. The van der Waals surface area contributed by atoms with Crippen molar-refractivity contribution in [1.82, 2.24) is 5.32 Å². The molecule has 0 unspecified atom stereocenters. The van der Waals surface area contributed by atoms with Crippen molar-refractivity contribution in [3.05, 3.63) is 89.0 Å². The van der Waals surface area contributed by atoms with Gasteiger partial charge < -0.3 is 20.9 Å². The minimum Gasteiger partial charge on any atom is -0.478 e. The van der Waals surface area contributed by atoms with E-state index in [2.05, 4.69) is 11.4 Å². The van der Waals surface area contributed by atoms with E-state index in [0.29, 0.717) is 40.4 Å². The number of aromatic carboxylic acids is 1. The van der Waals surface area contributed by atoms with Crippen molar-refractivity contribution in [3.63, 3.8) is 0 Å². The lowest BCUT2D eigenvalue weighted by Crippen LogP contribution is -2.27. The number of nitrogens with one attached hydrogen (secondary N) is 1. The molecule has 0 saturated heterocycles. The molecule has 7 nitrogen and oxygen atoms in total. The molecule has 0 aliphatic heterocycles. The van der Waals surface area contributed by atoms with Crippen LogP contribution in [-0.2, 0) is 0 Å². The third kappa shape index (κ3) is 5.54. The molecule has 0 saturated carbocycles. The maximum atomic E-state index is 12.6. The Morgan fingerprint density at radius 2 is 1.73 bits per heavy atom. The summed E-state index contributed by atoms with van der Waals surface area (Å²) in [5, 5.41) is 23.8. The van der Waals surface area contributed by atoms with E-state index in [1.54, 1.807) is 42.5 Å². The molecule has 4 rings (SSSR count). The van der Waals surface area contributed by atoms with Crippen LogP contribution >= 0.6 is 0 Å². The lowest BCUT2D eigenvalue weighted by molar-refractivity contribution is 0.0697. The molecule has 37 heavy (non-hydrogen) atoms. The molecule has 0 aliphatic rings. The number of hydrogen-bond acceptors (Lipinski definition) is 5. The van der Waals surface area contributed by atoms with E-state index >= 15 is 0 Å². The number of fused-ring (bicyclic) bond motifs is 1. The Morgan fingerprint density at radius 1 is 1.00 bits per heavy atom. The molecular weight excluding hydrogens is 466 g/mol. The van der Waals surface area contributed by atoms with E-state index in [9.17, 15) is 14.7 Å². The standard InChI is InChI=1S/C30H27N3O4/c1-17(2)16-33-29(34)22-7-9-25(27(13-22)30(35)36)26-14-23(32)10-18(3)28(26)37-24-8-6-20-11-19(15-31)4-5-21(20)12-24/h4-14,17H,16,32H2,1-3H3,(H,33,34)(H,35,36). The molecule has 186 valence electrons. The van der Waals surface area contributed by atoms with Crippen molar-refractivity contribution in [2.24, 2.45) is 5.92 Å². The van der Waals surface area contributed by atoms with Crippen LogP contribution in [0.25, 0.3) is 21.9 Å². The third-order valence-corrected chi connectivity index (χ3v) is 5.93. The van der Waals surface area contributed by atoms with Gasteiger partial charge in [-0.1, -0.05) is 32.0 Å². The molecular formula is C30H27N3O4. The number of anilines is 1. The van der Waals surface area contributed by atoms with E-state index in [-0.39, 0.29) is 23.0 Å². The van der Waals surface area contributed by atoms with Crippen molar-refractivity contribution in [1.29, 1.82) is 5.26 Å². The summed E-state index contributed by atoms with van der Waals surface area (Å²) < 4.78 is 6.30. The molecule has 1 amide bonds. The van der Waals surface area contributed by atoms with E-state index in [1.165, 1.54) is 6.07 Å². The Balaban J connectivity index is 1.78. The van der Waals surface area contributed by atoms with Gasteiger partial charge >= 0.3 is 5.97 Å². The van der Waals surface area contributed by atoms with Gasteiger partial charge in [0.1, 0.15) is 11.5 Å². The Labute approximate surface area is 215 Å². The van der Waals surface area contributed by atoms with Crippen LogP contribution in [0.2, 0.25) is 0 Å². The number of amides is 1. The monoisotopic (exact) mass is 493 g/mol. The maximum Gasteiger partial charge on any atom is 0.336 e. The van der Waals surface area contributed by atoms with Gasteiger partial charge in [-0.05, 0) is 77.7 Å². The molecule has 4 aromatic rings. The van der Waals surface area contributed by atoms with E-state index in [4.69, 9.17) is 15.7 Å². The zero-order valence-electron chi connectivity index (χ0n) is 20.8. The summed E-state index contributed by atoms with van der Waals surface area (Å²) in [6.45, 7) is 6.28. The molecule has 4 aromatic carbocycles. The highest BCUT2D eigenvalue weighted by atomic mass is 16.5. The Bertz CT molecular complexity index is 1570. The van der Waals surface area contributed by atoms with Crippen LogP contribution in [0, 0.1) is 24.2 Å². The van der Waals surface area contributed by atoms with E-state index in [1.807, 2.05) is 39.0 Å². The topological polar surface area (TPSA) is 125 Å². The van der Waals surface area contributed by atoms with Gasteiger partial charge in [0.25, 0.3) is 5.91 Å².